The zero-order chi connectivity index (χ0) is 13.5. The Morgan fingerprint density at radius 2 is 2.28 bits per heavy atom. The summed E-state index contributed by atoms with van der Waals surface area (Å²) < 4.78 is 4.87. The Labute approximate surface area is 108 Å². The lowest BCUT2D eigenvalue weighted by molar-refractivity contribution is -0.387. The molecule has 98 valence electrons. The number of methoxy groups -OCH3 is 1. The molecule has 0 heterocycles. The number of aromatic carboxylic acids is 1. The molecular formula is C11H13NO5S. The third kappa shape index (κ3) is 3.71. The third-order valence-electron chi connectivity index (χ3n) is 2.16. The number of hydrogen-bond donors (Lipinski definition) is 1. The molecule has 0 spiro atoms. The minimum Gasteiger partial charge on any atom is -0.478 e. The van der Waals surface area contributed by atoms with Crippen molar-refractivity contribution in [3.8, 4) is 0 Å². The molecular weight excluding hydrogens is 258 g/mol. The summed E-state index contributed by atoms with van der Waals surface area (Å²) in [4.78, 5) is 21.5. The van der Waals surface area contributed by atoms with Crippen LogP contribution in [0.25, 0.3) is 0 Å². The van der Waals surface area contributed by atoms with Crippen molar-refractivity contribution in [1.29, 1.82) is 0 Å². The van der Waals surface area contributed by atoms with Gasteiger partial charge in [0.25, 0.3) is 5.69 Å². The highest BCUT2D eigenvalue weighted by atomic mass is 32.2. The van der Waals surface area contributed by atoms with Gasteiger partial charge < -0.3 is 9.84 Å². The maximum atomic E-state index is 11.0. The zero-order valence-corrected chi connectivity index (χ0v) is 10.6. The lowest BCUT2D eigenvalue weighted by Crippen LogP contribution is -2.03. The van der Waals surface area contributed by atoms with Gasteiger partial charge in [0.05, 0.1) is 15.4 Å². The minimum atomic E-state index is -1.16. The molecule has 0 aromatic heterocycles. The van der Waals surface area contributed by atoms with Gasteiger partial charge in [-0.25, -0.2) is 4.79 Å². The number of carboxylic acids is 1. The van der Waals surface area contributed by atoms with Crippen molar-refractivity contribution in [2.45, 2.75) is 11.3 Å². The quantitative estimate of drug-likeness (QED) is 0.354. The molecule has 1 aromatic rings. The summed E-state index contributed by atoms with van der Waals surface area (Å²) in [5.41, 5.74) is -0.205. The van der Waals surface area contributed by atoms with E-state index in [2.05, 4.69) is 0 Å². The summed E-state index contributed by atoms with van der Waals surface area (Å²) in [6.45, 7) is 0.538. The zero-order valence-electron chi connectivity index (χ0n) is 9.79. The second-order valence-corrected chi connectivity index (χ2v) is 4.52. The van der Waals surface area contributed by atoms with E-state index in [0.29, 0.717) is 18.8 Å². The number of benzene rings is 1. The van der Waals surface area contributed by atoms with Crippen LogP contribution in [0.1, 0.15) is 16.8 Å². The first-order valence-corrected chi connectivity index (χ1v) is 6.19. The van der Waals surface area contributed by atoms with Gasteiger partial charge in [-0.05, 0) is 12.5 Å². The molecule has 0 aliphatic heterocycles. The Morgan fingerprint density at radius 1 is 1.56 bits per heavy atom. The predicted molar refractivity (Wildman–Crippen MR) is 67.3 cm³/mol. The summed E-state index contributed by atoms with van der Waals surface area (Å²) in [5, 5.41) is 19.9. The first-order valence-electron chi connectivity index (χ1n) is 5.20. The summed E-state index contributed by atoms with van der Waals surface area (Å²) >= 11 is 1.17. The van der Waals surface area contributed by atoms with Crippen LogP contribution in [-0.2, 0) is 4.74 Å². The van der Waals surface area contributed by atoms with E-state index in [1.54, 1.807) is 7.11 Å². The fourth-order valence-electron chi connectivity index (χ4n) is 1.37. The van der Waals surface area contributed by atoms with Crippen LogP contribution in [-0.4, -0.2) is 35.5 Å². The van der Waals surface area contributed by atoms with Crippen LogP contribution in [0.3, 0.4) is 0 Å². The number of carboxylic acid groups (broad SMARTS) is 1. The van der Waals surface area contributed by atoms with Crippen molar-refractivity contribution < 1.29 is 19.6 Å². The number of carbonyl (C=O) groups is 1. The van der Waals surface area contributed by atoms with Gasteiger partial charge in [-0.1, -0.05) is 6.07 Å². The van der Waals surface area contributed by atoms with E-state index in [0.717, 1.165) is 0 Å². The molecule has 0 atom stereocenters. The normalized spacial score (nSPS) is 10.3. The molecule has 18 heavy (non-hydrogen) atoms. The number of rotatable bonds is 7. The van der Waals surface area contributed by atoms with Crippen molar-refractivity contribution in [1.82, 2.24) is 0 Å². The SMILES string of the molecule is COCCCSc1c(C(=O)O)cccc1[N+](=O)[O-]. The smallest absolute Gasteiger partial charge is 0.337 e. The highest BCUT2D eigenvalue weighted by Gasteiger charge is 2.21. The van der Waals surface area contributed by atoms with Crippen LogP contribution in [0.15, 0.2) is 23.1 Å². The lowest BCUT2D eigenvalue weighted by Gasteiger charge is -2.06. The molecule has 0 unspecified atom stereocenters. The van der Waals surface area contributed by atoms with E-state index >= 15 is 0 Å². The molecule has 0 saturated carbocycles. The second-order valence-electron chi connectivity index (χ2n) is 3.41. The Morgan fingerprint density at radius 3 is 2.83 bits per heavy atom. The van der Waals surface area contributed by atoms with Crippen molar-refractivity contribution in [3.63, 3.8) is 0 Å². The van der Waals surface area contributed by atoms with Gasteiger partial charge in [0, 0.05) is 25.5 Å². The summed E-state index contributed by atoms with van der Waals surface area (Å²) in [5.74, 6) is -0.591. The molecule has 1 N–H and O–H groups in total. The van der Waals surface area contributed by atoms with Crippen molar-refractivity contribution in [2.24, 2.45) is 0 Å². The molecule has 0 bridgehead atoms. The number of nitro benzene ring substituents is 1. The van der Waals surface area contributed by atoms with Crippen molar-refractivity contribution in [3.05, 3.63) is 33.9 Å². The molecule has 1 rings (SSSR count). The first-order chi connectivity index (χ1) is 8.57. The van der Waals surface area contributed by atoms with Gasteiger partial charge in [0.2, 0.25) is 0 Å². The standard InChI is InChI=1S/C11H13NO5S/c1-17-6-3-7-18-10-8(11(13)14)4-2-5-9(10)12(15)16/h2,4-5H,3,6-7H2,1H3,(H,13,14). The molecule has 0 aliphatic carbocycles. The van der Waals surface area contributed by atoms with Gasteiger partial charge in [0.15, 0.2) is 0 Å². The summed E-state index contributed by atoms with van der Waals surface area (Å²) in [6.07, 6.45) is 0.701. The van der Waals surface area contributed by atoms with Crippen LogP contribution >= 0.6 is 11.8 Å². The number of nitrogens with zero attached hydrogens (tertiary/aromatic N) is 1. The fraction of sp³-hybridized carbons (Fsp3) is 0.364. The van der Waals surface area contributed by atoms with Gasteiger partial charge in [0.1, 0.15) is 0 Å². The monoisotopic (exact) mass is 271 g/mol. The van der Waals surface area contributed by atoms with Crippen LogP contribution in [0.2, 0.25) is 0 Å². The largest absolute Gasteiger partial charge is 0.478 e. The maximum absolute atomic E-state index is 11.0. The number of hydrogen-bond acceptors (Lipinski definition) is 5. The fourth-order valence-corrected chi connectivity index (χ4v) is 2.43. The third-order valence-corrected chi connectivity index (χ3v) is 3.37. The van der Waals surface area contributed by atoms with Gasteiger partial charge in [-0.3, -0.25) is 10.1 Å². The number of nitro groups is 1. The van der Waals surface area contributed by atoms with E-state index in [9.17, 15) is 14.9 Å². The van der Waals surface area contributed by atoms with E-state index in [-0.39, 0.29) is 16.1 Å². The first kappa shape index (κ1) is 14.5. The van der Waals surface area contributed by atoms with Gasteiger partial charge in [-0.2, -0.15) is 0 Å². The lowest BCUT2D eigenvalue weighted by atomic mass is 10.2. The van der Waals surface area contributed by atoms with E-state index in [4.69, 9.17) is 9.84 Å². The van der Waals surface area contributed by atoms with Crippen LogP contribution in [0.5, 0.6) is 0 Å². The summed E-state index contributed by atoms with van der Waals surface area (Å²) in [7, 11) is 1.57. The average molecular weight is 271 g/mol. The highest BCUT2D eigenvalue weighted by molar-refractivity contribution is 7.99. The molecule has 1 aromatic carbocycles. The van der Waals surface area contributed by atoms with Crippen molar-refractivity contribution in [2.75, 3.05) is 19.5 Å². The van der Waals surface area contributed by atoms with Crippen LogP contribution < -0.4 is 0 Å². The number of thioether (sulfide) groups is 1. The van der Waals surface area contributed by atoms with Crippen LogP contribution in [0.4, 0.5) is 5.69 Å². The summed E-state index contributed by atoms with van der Waals surface area (Å²) in [6, 6.07) is 4.06. The predicted octanol–water partition coefficient (Wildman–Crippen LogP) is 2.42. The van der Waals surface area contributed by atoms with Crippen molar-refractivity contribution >= 4 is 23.4 Å². The Kier molecular flexibility index (Phi) is 5.60. The average Bonchev–Trinajstić information content (AvgIpc) is 2.34. The molecule has 0 fully saturated rings. The molecule has 0 amide bonds. The maximum Gasteiger partial charge on any atom is 0.337 e. The van der Waals surface area contributed by atoms with E-state index in [1.807, 2.05) is 0 Å². The number of ether oxygens (including phenoxy) is 1. The van der Waals surface area contributed by atoms with E-state index in [1.165, 1.54) is 30.0 Å². The minimum absolute atomic E-state index is 0.0355. The molecule has 0 radical (unpaired) electrons. The molecule has 7 heteroatoms. The van der Waals surface area contributed by atoms with E-state index < -0.39 is 10.9 Å². The second kappa shape index (κ2) is 6.97. The molecule has 0 saturated heterocycles. The molecule has 6 nitrogen and oxygen atoms in total. The Hall–Kier alpha value is -1.60. The van der Waals surface area contributed by atoms with Gasteiger partial charge >= 0.3 is 5.97 Å². The van der Waals surface area contributed by atoms with Crippen LogP contribution in [0, 0.1) is 10.1 Å². The topological polar surface area (TPSA) is 89.7 Å². The Balaban J connectivity index is 2.96. The highest BCUT2D eigenvalue weighted by Crippen LogP contribution is 2.32. The van der Waals surface area contributed by atoms with Gasteiger partial charge in [-0.15, -0.1) is 11.8 Å². The molecule has 0 aliphatic rings. The Bertz CT molecular complexity index is 417.